The molecule has 0 N–H and O–H groups in total. The van der Waals surface area contributed by atoms with E-state index in [1.807, 2.05) is 12.3 Å². The van der Waals surface area contributed by atoms with Gasteiger partial charge in [0.1, 0.15) is 0 Å². The van der Waals surface area contributed by atoms with Gasteiger partial charge in [-0.1, -0.05) is 54.6 Å². The standard InChI is InChI=1S/C27H24N2/c1-4-10-23-25-19(3)26-22-13-8-9-14-24(22)29(17-20-11-6-5-7-12-20)27(26)18(2)21(25)15-16-28-23/h4-9,11-16H,1,10,17H2,2-3H3. The molecule has 0 saturated heterocycles. The molecule has 0 saturated carbocycles. The molecule has 29 heavy (non-hydrogen) atoms. The van der Waals surface area contributed by atoms with Gasteiger partial charge in [-0.3, -0.25) is 4.98 Å². The fourth-order valence-electron chi connectivity index (χ4n) is 4.78. The van der Waals surface area contributed by atoms with E-state index in [1.54, 1.807) is 0 Å². The number of hydrogen-bond acceptors (Lipinski definition) is 1. The van der Waals surface area contributed by atoms with Gasteiger partial charge in [-0.15, -0.1) is 6.58 Å². The third kappa shape index (κ3) is 2.67. The van der Waals surface area contributed by atoms with Crippen LogP contribution in [0.25, 0.3) is 32.6 Å². The Kier molecular flexibility index (Phi) is 4.21. The van der Waals surface area contributed by atoms with Crippen molar-refractivity contribution in [1.29, 1.82) is 0 Å². The van der Waals surface area contributed by atoms with Crippen molar-refractivity contribution in [2.75, 3.05) is 0 Å². The number of aromatic nitrogens is 2. The predicted octanol–water partition coefficient (Wildman–Crippen LogP) is 6.74. The summed E-state index contributed by atoms with van der Waals surface area (Å²) in [6.07, 6.45) is 4.66. The molecule has 0 unspecified atom stereocenters. The highest BCUT2D eigenvalue weighted by Gasteiger charge is 2.19. The van der Waals surface area contributed by atoms with E-state index in [-0.39, 0.29) is 0 Å². The molecule has 0 aliphatic heterocycles. The Labute approximate surface area is 171 Å². The van der Waals surface area contributed by atoms with Crippen molar-refractivity contribution in [3.05, 3.63) is 102 Å². The van der Waals surface area contributed by atoms with Crippen molar-refractivity contribution in [1.82, 2.24) is 9.55 Å². The summed E-state index contributed by atoms with van der Waals surface area (Å²) >= 11 is 0. The lowest BCUT2D eigenvalue weighted by Gasteiger charge is -2.15. The summed E-state index contributed by atoms with van der Waals surface area (Å²) in [5.74, 6) is 0. The fourth-order valence-corrected chi connectivity index (χ4v) is 4.78. The summed E-state index contributed by atoms with van der Waals surface area (Å²) < 4.78 is 2.48. The van der Waals surface area contributed by atoms with Crippen LogP contribution in [0.3, 0.4) is 0 Å². The number of fused-ring (bicyclic) bond motifs is 4. The number of hydrogen-bond donors (Lipinski definition) is 0. The summed E-state index contributed by atoms with van der Waals surface area (Å²) in [4.78, 5) is 4.68. The van der Waals surface area contributed by atoms with Gasteiger partial charge in [0.25, 0.3) is 0 Å². The SMILES string of the molecule is C=CCc1nccc2c(C)c3c(c(C)c12)c1ccccc1n3Cc1ccccc1. The monoisotopic (exact) mass is 376 g/mol. The van der Waals surface area contributed by atoms with E-state index in [0.29, 0.717) is 0 Å². The van der Waals surface area contributed by atoms with E-state index in [0.717, 1.165) is 18.7 Å². The Morgan fingerprint density at radius 2 is 1.62 bits per heavy atom. The zero-order chi connectivity index (χ0) is 20.0. The van der Waals surface area contributed by atoms with Crippen LogP contribution in [0.15, 0.2) is 79.5 Å². The molecule has 5 rings (SSSR count). The van der Waals surface area contributed by atoms with Gasteiger partial charge >= 0.3 is 0 Å². The second-order valence-electron chi connectivity index (χ2n) is 7.74. The van der Waals surface area contributed by atoms with Crippen LogP contribution in [0.4, 0.5) is 0 Å². The highest BCUT2D eigenvalue weighted by atomic mass is 15.0. The summed E-state index contributed by atoms with van der Waals surface area (Å²) in [6.45, 7) is 9.30. The van der Waals surface area contributed by atoms with Crippen molar-refractivity contribution < 1.29 is 0 Å². The quantitative estimate of drug-likeness (QED) is 0.318. The molecule has 2 heterocycles. The molecule has 2 nitrogen and oxygen atoms in total. The zero-order valence-corrected chi connectivity index (χ0v) is 16.9. The average molecular weight is 377 g/mol. The Morgan fingerprint density at radius 1 is 0.862 bits per heavy atom. The molecule has 0 bridgehead atoms. The van der Waals surface area contributed by atoms with Gasteiger partial charge in [0.15, 0.2) is 0 Å². The van der Waals surface area contributed by atoms with E-state index in [4.69, 9.17) is 0 Å². The number of aryl methyl sites for hydroxylation is 2. The molecule has 2 heteroatoms. The molecule has 2 aromatic heterocycles. The highest BCUT2D eigenvalue weighted by Crippen LogP contribution is 2.39. The third-order valence-corrected chi connectivity index (χ3v) is 6.03. The smallest absolute Gasteiger partial charge is 0.0533 e. The highest BCUT2D eigenvalue weighted by molar-refractivity contribution is 6.17. The first-order valence-corrected chi connectivity index (χ1v) is 10.1. The molecule has 0 amide bonds. The van der Waals surface area contributed by atoms with Crippen molar-refractivity contribution in [2.45, 2.75) is 26.8 Å². The Morgan fingerprint density at radius 3 is 2.41 bits per heavy atom. The molecule has 0 aliphatic carbocycles. The molecule has 5 aromatic rings. The van der Waals surface area contributed by atoms with Crippen molar-refractivity contribution >= 4 is 32.6 Å². The lowest BCUT2D eigenvalue weighted by atomic mass is 9.94. The van der Waals surface area contributed by atoms with Crippen LogP contribution >= 0.6 is 0 Å². The Balaban J connectivity index is 1.95. The number of nitrogens with zero attached hydrogens (tertiary/aromatic N) is 2. The first kappa shape index (κ1) is 17.7. The summed E-state index contributed by atoms with van der Waals surface area (Å²) in [5, 5.41) is 5.23. The van der Waals surface area contributed by atoms with Crippen molar-refractivity contribution in [3.8, 4) is 0 Å². The lowest BCUT2D eigenvalue weighted by Crippen LogP contribution is -2.02. The fraction of sp³-hybridized carbons (Fsp3) is 0.148. The van der Waals surface area contributed by atoms with E-state index >= 15 is 0 Å². The third-order valence-electron chi connectivity index (χ3n) is 6.03. The van der Waals surface area contributed by atoms with Crippen LogP contribution in [0.5, 0.6) is 0 Å². The van der Waals surface area contributed by atoms with Crippen LogP contribution in [0, 0.1) is 13.8 Å². The molecule has 3 aromatic carbocycles. The van der Waals surface area contributed by atoms with E-state index < -0.39 is 0 Å². The summed E-state index contributed by atoms with van der Waals surface area (Å²) in [5.41, 5.74) is 7.67. The Hall–Kier alpha value is -3.39. The number of pyridine rings is 1. The first-order chi connectivity index (χ1) is 14.2. The topological polar surface area (TPSA) is 17.8 Å². The van der Waals surface area contributed by atoms with E-state index in [9.17, 15) is 0 Å². The van der Waals surface area contributed by atoms with Crippen molar-refractivity contribution in [3.63, 3.8) is 0 Å². The predicted molar refractivity (Wildman–Crippen MR) is 124 cm³/mol. The number of allylic oxidation sites excluding steroid dienone is 1. The minimum absolute atomic E-state index is 0.784. The van der Waals surface area contributed by atoms with Gasteiger partial charge in [0, 0.05) is 40.8 Å². The molecule has 142 valence electrons. The Bertz CT molecular complexity index is 1370. The van der Waals surface area contributed by atoms with Gasteiger partial charge < -0.3 is 4.57 Å². The second kappa shape index (κ2) is 6.89. The molecule has 0 fully saturated rings. The number of rotatable bonds is 4. The normalized spacial score (nSPS) is 11.5. The van der Waals surface area contributed by atoms with Gasteiger partial charge in [-0.25, -0.2) is 0 Å². The summed E-state index contributed by atoms with van der Waals surface area (Å²) in [7, 11) is 0. The molecule has 0 radical (unpaired) electrons. The van der Waals surface area contributed by atoms with E-state index in [2.05, 4.69) is 90.6 Å². The van der Waals surface area contributed by atoms with Crippen LogP contribution in [0.1, 0.15) is 22.4 Å². The number of benzene rings is 3. The lowest BCUT2D eigenvalue weighted by molar-refractivity contribution is 0.866. The van der Waals surface area contributed by atoms with Crippen molar-refractivity contribution in [2.24, 2.45) is 0 Å². The van der Waals surface area contributed by atoms with Crippen LogP contribution < -0.4 is 0 Å². The molecular formula is C27H24N2. The van der Waals surface area contributed by atoms with E-state index in [1.165, 1.54) is 49.3 Å². The number of para-hydroxylation sites is 1. The van der Waals surface area contributed by atoms with Crippen LogP contribution in [-0.4, -0.2) is 9.55 Å². The molecule has 0 spiro atoms. The maximum atomic E-state index is 4.68. The maximum absolute atomic E-state index is 4.68. The molecule has 0 aliphatic rings. The van der Waals surface area contributed by atoms with Gasteiger partial charge in [-0.05, 0) is 48.1 Å². The van der Waals surface area contributed by atoms with Gasteiger partial charge in [0.05, 0.1) is 11.2 Å². The van der Waals surface area contributed by atoms with Crippen LogP contribution in [0.2, 0.25) is 0 Å². The first-order valence-electron chi connectivity index (χ1n) is 10.1. The largest absolute Gasteiger partial charge is 0.336 e. The van der Waals surface area contributed by atoms with Gasteiger partial charge in [-0.2, -0.15) is 0 Å². The second-order valence-corrected chi connectivity index (χ2v) is 7.74. The molecular weight excluding hydrogens is 352 g/mol. The minimum atomic E-state index is 0.784. The average Bonchev–Trinajstić information content (AvgIpc) is 3.08. The van der Waals surface area contributed by atoms with Crippen LogP contribution in [-0.2, 0) is 13.0 Å². The summed E-state index contributed by atoms with van der Waals surface area (Å²) in [6, 6.07) is 21.6. The zero-order valence-electron chi connectivity index (χ0n) is 16.9. The minimum Gasteiger partial charge on any atom is -0.336 e. The maximum Gasteiger partial charge on any atom is 0.0533 e. The van der Waals surface area contributed by atoms with Gasteiger partial charge in [0.2, 0.25) is 0 Å². The molecule has 0 atom stereocenters.